The molecule has 1 fully saturated rings. The van der Waals surface area contributed by atoms with Gasteiger partial charge in [-0.15, -0.1) is 0 Å². The molecule has 3 rings (SSSR count). The second-order valence-electron chi connectivity index (χ2n) is 6.99. The van der Waals surface area contributed by atoms with Crippen molar-refractivity contribution in [1.29, 1.82) is 0 Å². The molecular formula is C22H29FN4O2. The van der Waals surface area contributed by atoms with E-state index in [9.17, 15) is 4.39 Å². The molecule has 0 spiro atoms. The minimum absolute atomic E-state index is 0.169. The number of nitrogens with zero attached hydrogens (tertiary/aromatic N) is 2. The lowest BCUT2D eigenvalue weighted by molar-refractivity contribution is 0.394. The van der Waals surface area contributed by atoms with Gasteiger partial charge in [-0.2, -0.15) is 0 Å². The normalized spacial score (nSPS) is 16.6. The number of nitrogens with one attached hydrogen (secondary N) is 2. The van der Waals surface area contributed by atoms with Gasteiger partial charge in [-0.05, 0) is 24.5 Å². The fraction of sp³-hybridized carbons (Fsp3) is 0.409. The Balaban J connectivity index is 1.52. The van der Waals surface area contributed by atoms with Gasteiger partial charge in [0.05, 0.1) is 14.2 Å². The number of anilines is 1. The molecule has 0 aromatic heterocycles. The Morgan fingerprint density at radius 1 is 1.17 bits per heavy atom. The Hall–Kier alpha value is -2.96. The predicted molar refractivity (Wildman–Crippen MR) is 115 cm³/mol. The molecule has 0 radical (unpaired) electrons. The van der Waals surface area contributed by atoms with Crippen molar-refractivity contribution in [3.8, 4) is 11.5 Å². The number of rotatable bonds is 7. The SMILES string of the molecule is CN=C(NCCc1ccccc1F)NC1CCN(c2cc(OC)cc(OC)c2)C1. The topological polar surface area (TPSA) is 58.1 Å². The third-order valence-electron chi connectivity index (χ3n) is 5.10. The fourth-order valence-corrected chi connectivity index (χ4v) is 3.49. The first kappa shape index (κ1) is 20.8. The van der Waals surface area contributed by atoms with Crippen LogP contribution in [0.5, 0.6) is 11.5 Å². The summed E-state index contributed by atoms with van der Waals surface area (Å²) in [4.78, 5) is 6.60. The number of hydrogen-bond donors (Lipinski definition) is 2. The zero-order valence-electron chi connectivity index (χ0n) is 17.2. The molecule has 1 unspecified atom stereocenters. The van der Waals surface area contributed by atoms with Gasteiger partial charge in [-0.3, -0.25) is 4.99 Å². The molecule has 0 amide bonds. The lowest BCUT2D eigenvalue weighted by Crippen LogP contribution is -2.45. The van der Waals surface area contributed by atoms with Gasteiger partial charge in [0.1, 0.15) is 17.3 Å². The van der Waals surface area contributed by atoms with Crippen molar-refractivity contribution in [2.45, 2.75) is 18.9 Å². The van der Waals surface area contributed by atoms with E-state index >= 15 is 0 Å². The van der Waals surface area contributed by atoms with Gasteiger partial charge < -0.3 is 25.0 Å². The summed E-state index contributed by atoms with van der Waals surface area (Å²) in [5.41, 5.74) is 1.78. The quantitative estimate of drug-likeness (QED) is 0.553. The molecule has 0 aliphatic carbocycles. The Morgan fingerprint density at radius 2 is 1.90 bits per heavy atom. The molecule has 1 atom stereocenters. The van der Waals surface area contributed by atoms with E-state index < -0.39 is 0 Å². The van der Waals surface area contributed by atoms with Crippen LogP contribution in [0.15, 0.2) is 47.5 Å². The highest BCUT2D eigenvalue weighted by atomic mass is 19.1. The van der Waals surface area contributed by atoms with E-state index in [1.807, 2.05) is 30.3 Å². The smallest absolute Gasteiger partial charge is 0.191 e. The molecule has 1 saturated heterocycles. The van der Waals surface area contributed by atoms with Crippen molar-refractivity contribution in [1.82, 2.24) is 10.6 Å². The highest BCUT2D eigenvalue weighted by Gasteiger charge is 2.24. The van der Waals surface area contributed by atoms with Crippen LogP contribution in [0, 0.1) is 5.82 Å². The fourth-order valence-electron chi connectivity index (χ4n) is 3.49. The summed E-state index contributed by atoms with van der Waals surface area (Å²) in [6.07, 6.45) is 1.60. The standard InChI is InChI=1S/C22H29FN4O2/c1-24-22(25-10-8-16-6-4-5-7-21(16)23)26-17-9-11-27(15-17)18-12-19(28-2)14-20(13-18)29-3/h4-7,12-14,17H,8-11,15H2,1-3H3,(H2,24,25,26). The summed E-state index contributed by atoms with van der Waals surface area (Å²) in [6.45, 7) is 2.40. The Bertz CT molecular complexity index is 821. The second-order valence-corrected chi connectivity index (χ2v) is 6.99. The molecule has 2 N–H and O–H groups in total. The number of hydrogen-bond acceptors (Lipinski definition) is 4. The van der Waals surface area contributed by atoms with Crippen LogP contribution in [0.2, 0.25) is 0 Å². The van der Waals surface area contributed by atoms with Gasteiger partial charge in [0.25, 0.3) is 0 Å². The van der Waals surface area contributed by atoms with Crippen LogP contribution in [0.4, 0.5) is 10.1 Å². The number of ether oxygens (including phenoxy) is 2. The molecule has 6 nitrogen and oxygen atoms in total. The first-order valence-electron chi connectivity index (χ1n) is 9.81. The summed E-state index contributed by atoms with van der Waals surface area (Å²) in [7, 11) is 5.06. The summed E-state index contributed by atoms with van der Waals surface area (Å²) >= 11 is 0. The van der Waals surface area contributed by atoms with Crippen LogP contribution in [0.25, 0.3) is 0 Å². The Morgan fingerprint density at radius 3 is 2.55 bits per heavy atom. The molecule has 0 saturated carbocycles. The average Bonchev–Trinajstić information content (AvgIpc) is 3.22. The van der Waals surface area contributed by atoms with Crippen molar-refractivity contribution in [3.63, 3.8) is 0 Å². The van der Waals surface area contributed by atoms with E-state index in [1.54, 1.807) is 27.3 Å². The molecule has 1 aliphatic rings. The van der Waals surface area contributed by atoms with Gasteiger partial charge in [-0.25, -0.2) is 4.39 Å². The minimum Gasteiger partial charge on any atom is -0.497 e. The van der Waals surface area contributed by atoms with E-state index in [2.05, 4.69) is 20.5 Å². The number of aliphatic imine (C=N–C) groups is 1. The summed E-state index contributed by atoms with van der Waals surface area (Å²) in [6, 6.07) is 13.0. The van der Waals surface area contributed by atoms with E-state index in [0.29, 0.717) is 18.5 Å². The average molecular weight is 400 g/mol. The summed E-state index contributed by atoms with van der Waals surface area (Å²) < 4.78 is 24.5. The first-order valence-corrected chi connectivity index (χ1v) is 9.81. The Kier molecular flexibility index (Phi) is 7.16. The zero-order chi connectivity index (χ0) is 20.6. The molecule has 2 aromatic carbocycles. The minimum atomic E-state index is -0.169. The molecule has 0 bridgehead atoms. The van der Waals surface area contributed by atoms with Gasteiger partial charge in [-0.1, -0.05) is 18.2 Å². The third kappa shape index (κ3) is 5.53. The van der Waals surface area contributed by atoms with Crippen LogP contribution in [-0.2, 0) is 6.42 Å². The number of benzene rings is 2. The highest BCUT2D eigenvalue weighted by Crippen LogP contribution is 2.30. The molecule has 156 valence electrons. The van der Waals surface area contributed by atoms with Crippen molar-refractivity contribution in [2.75, 3.05) is 45.8 Å². The maximum absolute atomic E-state index is 13.7. The molecule has 1 heterocycles. The van der Waals surface area contributed by atoms with Gasteiger partial charge in [0.2, 0.25) is 0 Å². The number of guanidine groups is 1. The first-order chi connectivity index (χ1) is 14.1. The molecule has 1 aliphatic heterocycles. The predicted octanol–water partition coefficient (Wildman–Crippen LogP) is 2.83. The summed E-state index contributed by atoms with van der Waals surface area (Å²) in [5.74, 6) is 2.12. The lowest BCUT2D eigenvalue weighted by Gasteiger charge is -2.21. The van der Waals surface area contributed by atoms with Gasteiger partial charge in [0, 0.05) is 56.6 Å². The molecular weight excluding hydrogens is 371 g/mol. The number of halogens is 1. The maximum atomic E-state index is 13.7. The van der Waals surface area contributed by atoms with Crippen LogP contribution >= 0.6 is 0 Å². The van der Waals surface area contributed by atoms with E-state index in [-0.39, 0.29) is 11.9 Å². The van der Waals surface area contributed by atoms with Crippen LogP contribution < -0.4 is 25.0 Å². The highest BCUT2D eigenvalue weighted by molar-refractivity contribution is 5.80. The van der Waals surface area contributed by atoms with Crippen molar-refractivity contribution in [2.24, 2.45) is 4.99 Å². The monoisotopic (exact) mass is 400 g/mol. The largest absolute Gasteiger partial charge is 0.497 e. The molecule has 7 heteroatoms. The lowest BCUT2D eigenvalue weighted by atomic mass is 10.1. The maximum Gasteiger partial charge on any atom is 0.191 e. The van der Waals surface area contributed by atoms with Crippen molar-refractivity contribution < 1.29 is 13.9 Å². The number of methoxy groups -OCH3 is 2. The zero-order valence-corrected chi connectivity index (χ0v) is 17.2. The van der Waals surface area contributed by atoms with Crippen LogP contribution in [0.1, 0.15) is 12.0 Å². The molecule has 2 aromatic rings. The van der Waals surface area contributed by atoms with Crippen LogP contribution in [0.3, 0.4) is 0 Å². The van der Waals surface area contributed by atoms with Crippen LogP contribution in [-0.4, -0.2) is 52.9 Å². The second kappa shape index (κ2) is 10.0. The third-order valence-corrected chi connectivity index (χ3v) is 5.10. The van der Waals surface area contributed by atoms with Gasteiger partial charge >= 0.3 is 0 Å². The van der Waals surface area contributed by atoms with E-state index in [0.717, 1.165) is 42.7 Å². The van der Waals surface area contributed by atoms with Crippen molar-refractivity contribution in [3.05, 3.63) is 53.8 Å². The van der Waals surface area contributed by atoms with Crippen molar-refractivity contribution >= 4 is 11.6 Å². The van der Waals surface area contributed by atoms with Gasteiger partial charge in [0.15, 0.2) is 5.96 Å². The van der Waals surface area contributed by atoms with E-state index in [1.165, 1.54) is 6.07 Å². The summed E-state index contributed by atoms with van der Waals surface area (Å²) in [5, 5.41) is 6.74. The molecule has 29 heavy (non-hydrogen) atoms. The Labute approximate surface area is 171 Å². The van der Waals surface area contributed by atoms with E-state index in [4.69, 9.17) is 9.47 Å².